The van der Waals surface area contributed by atoms with Gasteiger partial charge in [-0.3, -0.25) is 0 Å². The van der Waals surface area contributed by atoms with Crippen LogP contribution in [0.5, 0.6) is 0 Å². The number of hydrogen-bond acceptors (Lipinski definition) is 1. The van der Waals surface area contributed by atoms with E-state index in [4.69, 9.17) is 13.2 Å². The van der Waals surface area contributed by atoms with Crippen LogP contribution in [0.15, 0.2) is 0 Å². The fourth-order valence-electron chi connectivity index (χ4n) is 0. The zero-order valence-corrected chi connectivity index (χ0v) is 5.99. The molecule has 0 bridgehead atoms. The van der Waals surface area contributed by atoms with Gasteiger partial charge in [-0.25, -0.2) is 0 Å². The summed E-state index contributed by atoms with van der Waals surface area (Å²) in [5.41, 5.74) is 0. The van der Waals surface area contributed by atoms with Crippen LogP contribution in [0.3, 0.4) is 0 Å². The summed E-state index contributed by atoms with van der Waals surface area (Å²) in [7, 11) is 0. The summed E-state index contributed by atoms with van der Waals surface area (Å²) in [5.74, 6) is 0. The fraction of sp³-hybridized carbons (Fsp3) is 0. The van der Waals surface area contributed by atoms with Crippen molar-refractivity contribution in [3.63, 3.8) is 0 Å². The average molecular weight is 252 g/mol. The first-order valence-electron chi connectivity index (χ1n) is 0.783. The van der Waals surface area contributed by atoms with Crippen molar-refractivity contribution >= 4 is 20.1 Å². The van der Waals surface area contributed by atoms with Gasteiger partial charge in [0.2, 0.25) is 0 Å². The Balaban J connectivity index is 0. The van der Waals surface area contributed by atoms with Crippen LogP contribution in [0.25, 0.3) is 0 Å². The molecule has 1 radical (unpaired) electrons. The molecule has 3 N–H and O–H groups in total. The normalized spacial score (nSPS) is 9.83. The molecular weight excluding hydrogens is 249 g/mol. The zero-order chi connectivity index (χ0) is 4.50. The third-order valence-corrected chi connectivity index (χ3v) is 0. The summed E-state index contributed by atoms with van der Waals surface area (Å²) in [6.07, 6.45) is 0. The molecule has 0 aromatic rings. The third kappa shape index (κ3) is 78.2. The van der Waals surface area contributed by atoms with E-state index in [0.717, 1.165) is 0 Å². The summed E-state index contributed by atoms with van der Waals surface area (Å²) in [4.78, 5) is 0. The molecule has 0 aromatic carbocycles. The van der Waals surface area contributed by atoms with Crippen molar-refractivity contribution in [2.45, 2.75) is 0 Å². The maximum absolute atomic E-state index is 8.97. The molecule has 0 atom stereocenters. The van der Waals surface area contributed by atoms with Gasteiger partial charge in [0.1, 0.15) is 0 Å². The van der Waals surface area contributed by atoms with E-state index in [1.54, 1.807) is 0 Å². The SMILES string of the molecule is [Cu+2].[O]=[Sb]([OH])([OH])[OH]. The molecule has 0 unspecified atom stereocenters. The number of rotatable bonds is 0. The molecule has 0 saturated carbocycles. The molecule has 0 heterocycles. The maximum atomic E-state index is 8.97. The molecule has 0 fully saturated rings. The van der Waals surface area contributed by atoms with E-state index in [1.165, 1.54) is 0 Å². The summed E-state index contributed by atoms with van der Waals surface area (Å²) < 4.78 is 30.8. The molecule has 0 aromatic heterocycles. The van der Waals surface area contributed by atoms with Gasteiger partial charge < -0.3 is 0 Å². The van der Waals surface area contributed by atoms with E-state index >= 15 is 0 Å². The van der Waals surface area contributed by atoms with E-state index in [0.29, 0.717) is 0 Å². The van der Waals surface area contributed by atoms with Gasteiger partial charge >= 0.3 is 50.3 Å². The molecular formula is H3CuO4Sb+2. The van der Waals surface area contributed by atoms with E-state index in [1.807, 2.05) is 0 Å². The molecule has 0 aliphatic heterocycles. The van der Waals surface area contributed by atoms with Crippen LogP contribution in [0.2, 0.25) is 0 Å². The van der Waals surface area contributed by atoms with Crippen molar-refractivity contribution < 1.29 is 30.2 Å². The Hall–Kier alpha value is 1.02. The number of hydrogen-bond donors (Lipinski definition) is 3. The van der Waals surface area contributed by atoms with Gasteiger partial charge in [0.25, 0.3) is 0 Å². The zero-order valence-electron chi connectivity index (χ0n) is 2.50. The second-order valence-corrected chi connectivity index (χ2v) is 3.44. The Bertz CT molecular complexity index is 53.7. The van der Waals surface area contributed by atoms with Crippen molar-refractivity contribution in [1.29, 1.82) is 0 Å². The van der Waals surface area contributed by atoms with Crippen LogP contribution in [0, 0.1) is 0 Å². The van der Waals surface area contributed by atoms with Crippen LogP contribution >= 0.6 is 0 Å². The van der Waals surface area contributed by atoms with Crippen LogP contribution in [-0.4, -0.2) is 30.2 Å². The standard InChI is InChI=1S/Cu.3H2O.O.Sb/h;3*1H2;;/q+2;;;;;+3/p-3. The molecule has 0 spiro atoms. The van der Waals surface area contributed by atoms with Crippen molar-refractivity contribution in [2.75, 3.05) is 0 Å². The molecule has 41 valence electrons. The fourth-order valence-corrected chi connectivity index (χ4v) is 0. The average Bonchev–Trinajstić information content (AvgIpc) is 0.722. The minimum atomic E-state index is -5.35. The van der Waals surface area contributed by atoms with Gasteiger partial charge in [-0.2, -0.15) is 0 Å². The Morgan fingerprint density at radius 1 is 1.17 bits per heavy atom. The second kappa shape index (κ2) is 3.08. The van der Waals surface area contributed by atoms with Gasteiger partial charge in [0, 0.05) is 0 Å². The first-order chi connectivity index (χ1) is 2.00. The van der Waals surface area contributed by atoms with Crippen LogP contribution in [0.1, 0.15) is 0 Å². The molecule has 0 saturated heterocycles. The van der Waals surface area contributed by atoms with Crippen molar-refractivity contribution in [3.8, 4) is 0 Å². The predicted octanol–water partition coefficient (Wildman–Crippen LogP) is -2.17. The van der Waals surface area contributed by atoms with E-state index in [2.05, 4.69) is 0 Å². The van der Waals surface area contributed by atoms with Crippen molar-refractivity contribution in [3.05, 3.63) is 0 Å². The van der Waals surface area contributed by atoms with Gasteiger partial charge in [-0.1, -0.05) is 0 Å². The van der Waals surface area contributed by atoms with E-state index in [9.17, 15) is 0 Å². The van der Waals surface area contributed by atoms with Gasteiger partial charge in [-0.05, 0) is 0 Å². The van der Waals surface area contributed by atoms with Crippen molar-refractivity contribution in [1.82, 2.24) is 0 Å². The molecule has 4 nitrogen and oxygen atoms in total. The molecule has 6 heavy (non-hydrogen) atoms. The minimum absolute atomic E-state index is 0. The third-order valence-electron chi connectivity index (χ3n) is 0. The van der Waals surface area contributed by atoms with Gasteiger partial charge in [0.15, 0.2) is 0 Å². The van der Waals surface area contributed by atoms with Gasteiger partial charge in [0.05, 0.1) is 0 Å². The first kappa shape index (κ1) is 10.1. The van der Waals surface area contributed by atoms with Crippen molar-refractivity contribution in [2.24, 2.45) is 0 Å². The van der Waals surface area contributed by atoms with E-state index < -0.39 is 20.1 Å². The molecule has 0 amide bonds. The van der Waals surface area contributed by atoms with Crippen LogP contribution < -0.4 is 0 Å². The summed E-state index contributed by atoms with van der Waals surface area (Å²) in [6.45, 7) is 0. The molecule has 0 aliphatic carbocycles. The topological polar surface area (TPSA) is 77.8 Å². The Morgan fingerprint density at radius 3 is 1.17 bits per heavy atom. The Kier molecular flexibility index (Phi) is 5.18. The quantitative estimate of drug-likeness (QED) is 0.429. The predicted molar refractivity (Wildman–Crippen MR) is 13.1 cm³/mol. The summed E-state index contributed by atoms with van der Waals surface area (Å²) in [6, 6.07) is 0. The first-order valence-corrected chi connectivity index (χ1v) is 5.25. The summed E-state index contributed by atoms with van der Waals surface area (Å²) >= 11 is -5.35. The Morgan fingerprint density at radius 2 is 1.17 bits per heavy atom. The molecule has 0 aliphatic rings. The van der Waals surface area contributed by atoms with Crippen LogP contribution in [0.4, 0.5) is 0 Å². The molecule has 0 rings (SSSR count). The summed E-state index contributed by atoms with van der Waals surface area (Å²) in [5, 5.41) is 0. The monoisotopic (exact) mass is 251 g/mol. The Labute approximate surface area is 50.4 Å². The van der Waals surface area contributed by atoms with E-state index in [-0.39, 0.29) is 17.1 Å². The second-order valence-electron chi connectivity index (χ2n) is 0.513. The van der Waals surface area contributed by atoms with Gasteiger partial charge in [-0.15, -0.1) is 0 Å². The van der Waals surface area contributed by atoms with Crippen LogP contribution in [-0.2, 0) is 20.1 Å². The molecule has 6 heteroatoms.